The summed E-state index contributed by atoms with van der Waals surface area (Å²) in [6.07, 6.45) is 7.83. The molecule has 2 aliphatic carbocycles. The highest BCUT2D eigenvalue weighted by Gasteiger charge is 2.39. The highest BCUT2D eigenvalue weighted by Crippen LogP contribution is 2.48. The molecule has 2 fully saturated rings. The monoisotopic (exact) mass is 397 g/mol. The van der Waals surface area contributed by atoms with Gasteiger partial charge in [0.15, 0.2) is 11.5 Å². The first-order chi connectivity index (χ1) is 13.6. The van der Waals surface area contributed by atoms with E-state index >= 15 is 0 Å². The molecule has 2 bridgehead atoms. The van der Waals surface area contributed by atoms with Crippen molar-refractivity contribution in [3.63, 3.8) is 0 Å². The Labute approximate surface area is 168 Å². The Balaban J connectivity index is 1.39. The fourth-order valence-corrected chi connectivity index (χ4v) is 4.40. The molecule has 4 rings (SSSR count). The maximum absolute atomic E-state index is 12.3. The Kier molecular flexibility index (Phi) is 5.31. The summed E-state index contributed by atoms with van der Waals surface area (Å²) < 4.78 is 6.04. The molecule has 0 radical (unpaired) electrons. The lowest BCUT2D eigenvalue weighted by Crippen LogP contribution is -2.22. The molecule has 8 heteroatoms. The average molecular weight is 398 g/mol. The summed E-state index contributed by atoms with van der Waals surface area (Å²) in [5, 5.41) is 14.6. The number of anilines is 2. The molecule has 2 N–H and O–H groups in total. The van der Waals surface area contributed by atoms with Crippen molar-refractivity contribution in [1.29, 1.82) is 5.26 Å². The zero-order valence-corrected chi connectivity index (χ0v) is 15.9. The summed E-state index contributed by atoms with van der Waals surface area (Å²) in [5.74, 6) is 3.05. The van der Waals surface area contributed by atoms with Gasteiger partial charge in [-0.15, -0.1) is 0 Å². The van der Waals surface area contributed by atoms with Crippen LogP contribution < -0.4 is 15.4 Å². The number of fused-ring (bicyclic) bond motifs is 2. The average Bonchev–Trinajstić information content (AvgIpc) is 3.31. The molecule has 7 nitrogen and oxygen atoms in total. The van der Waals surface area contributed by atoms with Gasteiger partial charge >= 0.3 is 6.03 Å². The Morgan fingerprint density at radius 2 is 2.14 bits per heavy atom. The number of rotatable bonds is 5. The number of nitrogens with zero attached hydrogens (tertiary/aromatic N) is 3. The minimum Gasteiger partial charge on any atom is -0.491 e. The van der Waals surface area contributed by atoms with Crippen molar-refractivity contribution in [3.05, 3.63) is 41.3 Å². The Bertz CT molecular complexity index is 912. The number of aromatic nitrogens is 2. The number of amides is 2. The van der Waals surface area contributed by atoms with E-state index < -0.39 is 6.03 Å². The van der Waals surface area contributed by atoms with Gasteiger partial charge < -0.3 is 10.1 Å². The number of carbonyl (C=O) groups excluding carboxylic acids is 1. The number of benzene rings is 1. The molecule has 0 spiro atoms. The second kappa shape index (κ2) is 8.03. The van der Waals surface area contributed by atoms with E-state index in [0.29, 0.717) is 29.0 Å². The lowest BCUT2D eigenvalue weighted by atomic mass is 9.89. The van der Waals surface area contributed by atoms with Gasteiger partial charge in [0.25, 0.3) is 0 Å². The van der Waals surface area contributed by atoms with E-state index in [2.05, 4.69) is 20.6 Å². The van der Waals surface area contributed by atoms with Crippen molar-refractivity contribution in [2.45, 2.75) is 25.7 Å². The highest BCUT2D eigenvalue weighted by molar-refractivity contribution is 6.31. The van der Waals surface area contributed by atoms with Gasteiger partial charge in [0, 0.05) is 5.02 Å². The smallest absolute Gasteiger partial charge is 0.325 e. The minimum absolute atomic E-state index is 0.178. The summed E-state index contributed by atoms with van der Waals surface area (Å²) >= 11 is 6.09. The molecule has 2 aliphatic rings. The van der Waals surface area contributed by atoms with Gasteiger partial charge in [0.2, 0.25) is 0 Å². The predicted octanol–water partition coefficient (Wildman–Crippen LogP) is 4.46. The molecule has 144 valence electrons. The van der Waals surface area contributed by atoms with Crippen LogP contribution >= 0.6 is 11.6 Å². The minimum atomic E-state index is -0.494. The SMILES string of the molecule is N#Cc1cnc(NC(=O)Nc2cc(Cl)ccc2OCC2CC3CCC2C3)cn1. The lowest BCUT2D eigenvalue weighted by Gasteiger charge is -2.22. The second-order valence-electron chi connectivity index (χ2n) is 7.36. The number of carbonyl (C=O) groups is 1. The van der Waals surface area contributed by atoms with E-state index in [9.17, 15) is 4.79 Å². The van der Waals surface area contributed by atoms with Gasteiger partial charge in [-0.2, -0.15) is 5.26 Å². The fraction of sp³-hybridized carbons (Fsp3) is 0.400. The highest BCUT2D eigenvalue weighted by atomic mass is 35.5. The molecule has 2 saturated carbocycles. The molecule has 0 aliphatic heterocycles. The normalized spacial score (nSPS) is 22.5. The van der Waals surface area contributed by atoms with Crippen molar-refractivity contribution >= 4 is 29.1 Å². The number of nitriles is 1. The van der Waals surface area contributed by atoms with Crippen LogP contribution in [0.4, 0.5) is 16.3 Å². The third kappa shape index (κ3) is 4.18. The molecule has 1 aromatic carbocycles. The Morgan fingerprint density at radius 1 is 1.25 bits per heavy atom. The van der Waals surface area contributed by atoms with Crippen molar-refractivity contribution in [2.24, 2.45) is 17.8 Å². The lowest BCUT2D eigenvalue weighted by molar-refractivity contribution is 0.196. The molecule has 3 unspecified atom stereocenters. The largest absolute Gasteiger partial charge is 0.491 e. The van der Waals surface area contributed by atoms with Gasteiger partial charge in [0.05, 0.1) is 24.7 Å². The maximum atomic E-state index is 12.3. The van der Waals surface area contributed by atoms with E-state index in [4.69, 9.17) is 21.6 Å². The first-order valence-corrected chi connectivity index (χ1v) is 9.71. The molecule has 0 saturated heterocycles. The number of hydrogen-bond donors (Lipinski definition) is 2. The summed E-state index contributed by atoms with van der Waals surface area (Å²) in [6.45, 7) is 0.653. The predicted molar refractivity (Wildman–Crippen MR) is 105 cm³/mol. The molecule has 2 aromatic rings. The number of ether oxygens (including phenoxy) is 1. The van der Waals surface area contributed by atoms with Gasteiger partial charge in [-0.1, -0.05) is 18.0 Å². The van der Waals surface area contributed by atoms with Crippen LogP contribution in [0.25, 0.3) is 0 Å². The number of nitrogens with one attached hydrogen (secondary N) is 2. The standard InChI is InChI=1S/C20H20ClN5O2/c21-15-3-4-18(28-11-14-6-12-1-2-13(14)5-12)17(7-15)25-20(27)26-19-10-23-16(8-22)9-24-19/h3-4,7,9-10,12-14H,1-2,5-6,11H2,(H2,24,25,26,27). The molecule has 2 amide bonds. The van der Waals surface area contributed by atoms with Gasteiger partial charge in [0.1, 0.15) is 11.8 Å². The zero-order chi connectivity index (χ0) is 19.5. The summed E-state index contributed by atoms with van der Waals surface area (Å²) in [6, 6.07) is 6.55. The molecular formula is C20H20ClN5O2. The second-order valence-corrected chi connectivity index (χ2v) is 7.80. The van der Waals surface area contributed by atoms with Gasteiger partial charge in [-0.05, 0) is 55.2 Å². The first-order valence-electron chi connectivity index (χ1n) is 9.33. The third-order valence-corrected chi connectivity index (χ3v) is 5.77. The third-order valence-electron chi connectivity index (χ3n) is 5.54. The van der Waals surface area contributed by atoms with Crippen LogP contribution in [0.3, 0.4) is 0 Å². The van der Waals surface area contributed by atoms with Gasteiger partial charge in [-0.25, -0.2) is 14.8 Å². The number of urea groups is 1. The Hall–Kier alpha value is -2.85. The van der Waals surface area contributed by atoms with E-state index in [1.807, 2.05) is 6.07 Å². The first kappa shape index (κ1) is 18.5. The molecule has 28 heavy (non-hydrogen) atoms. The number of halogens is 1. The van der Waals surface area contributed by atoms with E-state index in [1.165, 1.54) is 38.1 Å². The van der Waals surface area contributed by atoms with Crippen LogP contribution in [0, 0.1) is 29.1 Å². The molecule has 1 heterocycles. The van der Waals surface area contributed by atoms with Crippen LogP contribution in [0.5, 0.6) is 5.75 Å². The summed E-state index contributed by atoms with van der Waals surface area (Å²) in [4.78, 5) is 20.1. The molecule has 3 atom stereocenters. The van der Waals surface area contributed by atoms with E-state index in [-0.39, 0.29) is 11.5 Å². The number of hydrogen-bond acceptors (Lipinski definition) is 5. The van der Waals surface area contributed by atoms with E-state index in [0.717, 1.165) is 11.8 Å². The quantitative estimate of drug-likeness (QED) is 0.775. The van der Waals surface area contributed by atoms with Crippen LogP contribution in [-0.4, -0.2) is 22.6 Å². The Morgan fingerprint density at radius 3 is 2.82 bits per heavy atom. The van der Waals surface area contributed by atoms with Crippen LogP contribution in [-0.2, 0) is 0 Å². The van der Waals surface area contributed by atoms with Gasteiger partial charge in [-0.3, -0.25) is 5.32 Å². The topological polar surface area (TPSA) is 99.9 Å². The van der Waals surface area contributed by atoms with Crippen LogP contribution in [0.2, 0.25) is 5.02 Å². The molecular weight excluding hydrogens is 378 g/mol. The van der Waals surface area contributed by atoms with Crippen molar-refractivity contribution in [2.75, 3.05) is 17.2 Å². The zero-order valence-electron chi connectivity index (χ0n) is 15.2. The van der Waals surface area contributed by atoms with E-state index in [1.54, 1.807) is 18.2 Å². The summed E-state index contributed by atoms with van der Waals surface area (Å²) in [5.41, 5.74) is 0.673. The summed E-state index contributed by atoms with van der Waals surface area (Å²) in [7, 11) is 0. The molecule has 1 aromatic heterocycles. The van der Waals surface area contributed by atoms with Crippen molar-refractivity contribution in [3.8, 4) is 11.8 Å². The van der Waals surface area contributed by atoms with Crippen LogP contribution in [0.1, 0.15) is 31.4 Å². The van der Waals surface area contributed by atoms with Crippen molar-refractivity contribution in [1.82, 2.24) is 9.97 Å². The fourth-order valence-electron chi connectivity index (χ4n) is 4.22. The van der Waals surface area contributed by atoms with Crippen LogP contribution in [0.15, 0.2) is 30.6 Å². The van der Waals surface area contributed by atoms with Crippen molar-refractivity contribution < 1.29 is 9.53 Å². The maximum Gasteiger partial charge on any atom is 0.325 e.